The van der Waals surface area contributed by atoms with E-state index in [1.165, 1.54) is 5.56 Å². The third-order valence-corrected chi connectivity index (χ3v) is 7.56. The highest BCUT2D eigenvalue weighted by Gasteiger charge is 2.27. The highest BCUT2D eigenvalue weighted by atomic mass is 16.5. The molecule has 8 heteroatoms. The van der Waals surface area contributed by atoms with Crippen LogP contribution in [0.4, 0.5) is 17.2 Å². The predicted molar refractivity (Wildman–Crippen MR) is 168 cm³/mol. The van der Waals surface area contributed by atoms with Crippen molar-refractivity contribution in [2.24, 2.45) is 0 Å². The first kappa shape index (κ1) is 29.1. The predicted octanol–water partition coefficient (Wildman–Crippen LogP) is 6.01. The van der Waals surface area contributed by atoms with Crippen molar-refractivity contribution in [1.82, 2.24) is 9.55 Å². The molecule has 1 saturated heterocycles. The van der Waals surface area contributed by atoms with Crippen LogP contribution in [0, 0.1) is 20.8 Å². The van der Waals surface area contributed by atoms with Gasteiger partial charge in [-0.15, -0.1) is 0 Å². The number of benzene rings is 2. The Labute approximate surface area is 247 Å². The Morgan fingerprint density at radius 3 is 2.24 bits per heavy atom. The zero-order chi connectivity index (χ0) is 29.6. The summed E-state index contributed by atoms with van der Waals surface area (Å²) in [5.74, 6) is -0.241. The first-order valence-electron chi connectivity index (χ1n) is 14.6. The molecule has 1 aliphatic rings. The van der Waals surface area contributed by atoms with Crippen LogP contribution in [0.15, 0.2) is 72.8 Å². The van der Waals surface area contributed by atoms with Gasteiger partial charge >= 0.3 is 0 Å². The van der Waals surface area contributed by atoms with E-state index in [0.717, 1.165) is 66.6 Å². The highest BCUT2D eigenvalue weighted by Crippen LogP contribution is 2.29. The van der Waals surface area contributed by atoms with Crippen LogP contribution in [0.3, 0.4) is 0 Å². The zero-order valence-electron chi connectivity index (χ0n) is 24.9. The highest BCUT2D eigenvalue weighted by molar-refractivity contribution is 6.47. The van der Waals surface area contributed by atoms with Crippen molar-refractivity contribution in [3.05, 3.63) is 95.4 Å². The number of hydrogen-bond donors (Lipinski definition) is 1. The SMILES string of the molecule is CCCOCn1c(C)cc(-c2ccccc2)c1C(=O)C(=O)Nc1ccc(N2CCN(c3cc(C)cc(C)n3)CC2)cc1. The van der Waals surface area contributed by atoms with Crippen molar-refractivity contribution in [1.29, 1.82) is 0 Å². The number of aromatic nitrogens is 2. The van der Waals surface area contributed by atoms with Gasteiger partial charge in [-0.05, 0) is 80.8 Å². The zero-order valence-corrected chi connectivity index (χ0v) is 24.9. The summed E-state index contributed by atoms with van der Waals surface area (Å²) in [6.07, 6.45) is 0.866. The maximum absolute atomic E-state index is 13.6. The summed E-state index contributed by atoms with van der Waals surface area (Å²) in [4.78, 5) is 36.2. The number of carbonyl (C=O) groups excluding carboxylic acids is 2. The molecule has 0 aliphatic carbocycles. The van der Waals surface area contributed by atoms with Gasteiger partial charge in [0, 0.05) is 61.1 Å². The minimum Gasteiger partial charge on any atom is -0.368 e. The minimum atomic E-state index is -0.677. The number of amides is 1. The van der Waals surface area contributed by atoms with Crippen LogP contribution in [-0.4, -0.2) is 54.0 Å². The summed E-state index contributed by atoms with van der Waals surface area (Å²) in [5.41, 5.74) is 6.71. The molecule has 1 aliphatic heterocycles. The molecular weight excluding hydrogens is 526 g/mol. The molecule has 0 saturated carbocycles. The van der Waals surface area contributed by atoms with Gasteiger partial charge in [0.05, 0.1) is 0 Å². The molecule has 0 unspecified atom stereocenters. The fourth-order valence-electron chi connectivity index (χ4n) is 5.45. The van der Waals surface area contributed by atoms with Crippen molar-refractivity contribution >= 4 is 28.9 Å². The van der Waals surface area contributed by atoms with Crippen LogP contribution < -0.4 is 15.1 Å². The number of ether oxygens (including phenoxy) is 1. The Morgan fingerprint density at radius 2 is 1.57 bits per heavy atom. The van der Waals surface area contributed by atoms with E-state index in [1.54, 1.807) is 4.57 Å². The Bertz CT molecular complexity index is 1520. The lowest BCUT2D eigenvalue weighted by Crippen LogP contribution is -2.46. The third-order valence-electron chi connectivity index (χ3n) is 7.56. The number of rotatable bonds is 10. The third kappa shape index (κ3) is 6.55. The topological polar surface area (TPSA) is 79.7 Å². The smallest absolute Gasteiger partial charge is 0.298 e. The molecule has 0 radical (unpaired) electrons. The van der Waals surface area contributed by atoms with Crippen molar-refractivity contribution in [2.45, 2.75) is 40.8 Å². The van der Waals surface area contributed by atoms with E-state index in [0.29, 0.717) is 18.0 Å². The molecule has 42 heavy (non-hydrogen) atoms. The molecule has 1 fully saturated rings. The van der Waals surface area contributed by atoms with Gasteiger partial charge in [-0.1, -0.05) is 37.3 Å². The van der Waals surface area contributed by atoms with Gasteiger partial charge in [0.25, 0.3) is 11.7 Å². The average molecular weight is 566 g/mol. The van der Waals surface area contributed by atoms with Crippen molar-refractivity contribution in [3.8, 4) is 11.1 Å². The molecule has 8 nitrogen and oxygen atoms in total. The lowest BCUT2D eigenvalue weighted by Gasteiger charge is -2.37. The summed E-state index contributed by atoms with van der Waals surface area (Å²) < 4.78 is 7.56. The number of Topliss-reactive ketones (excluding diaryl/α,β-unsaturated/α-hetero) is 1. The lowest BCUT2D eigenvalue weighted by atomic mass is 10.0. The number of nitrogens with one attached hydrogen (secondary N) is 1. The molecule has 218 valence electrons. The van der Waals surface area contributed by atoms with Gasteiger partial charge in [-0.2, -0.15) is 0 Å². The normalized spacial score (nSPS) is 13.3. The second-order valence-electron chi connectivity index (χ2n) is 10.8. The second-order valence-corrected chi connectivity index (χ2v) is 10.8. The summed E-state index contributed by atoms with van der Waals surface area (Å²) in [7, 11) is 0. The van der Waals surface area contributed by atoms with Crippen LogP contribution in [0.2, 0.25) is 0 Å². The standard InChI is InChI=1S/C34H39N5O3/c1-5-19-42-23-39-26(4)22-30(27-9-7-6-8-10-27)32(39)33(40)34(41)36-28-11-13-29(14-12-28)37-15-17-38(18-16-37)31-21-24(2)20-25(3)35-31/h6-14,20-22H,5,15-19,23H2,1-4H3,(H,36,41). The van der Waals surface area contributed by atoms with Crippen molar-refractivity contribution in [2.75, 3.05) is 47.9 Å². The van der Waals surface area contributed by atoms with E-state index in [-0.39, 0.29) is 6.73 Å². The summed E-state index contributed by atoms with van der Waals surface area (Å²) in [6.45, 7) is 12.4. The van der Waals surface area contributed by atoms with Gasteiger partial charge in [-0.3, -0.25) is 9.59 Å². The molecule has 3 heterocycles. The summed E-state index contributed by atoms with van der Waals surface area (Å²) in [5, 5.41) is 2.81. The molecule has 0 bridgehead atoms. The first-order chi connectivity index (χ1) is 20.3. The van der Waals surface area contributed by atoms with E-state index in [2.05, 4.69) is 34.2 Å². The van der Waals surface area contributed by atoms with Gasteiger partial charge in [-0.25, -0.2) is 4.98 Å². The number of anilines is 3. The fraction of sp³-hybridized carbons (Fsp3) is 0.324. The van der Waals surface area contributed by atoms with Crippen LogP contribution in [0.5, 0.6) is 0 Å². The molecule has 0 atom stereocenters. The average Bonchev–Trinajstić information content (AvgIpc) is 3.33. The van der Waals surface area contributed by atoms with Gasteiger partial charge in [0.1, 0.15) is 18.2 Å². The molecule has 4 aromatic rings. The molecule has 0 spiro atoms. The number of hydrogen-bond acceptors (Lipinski definition) is 6. The quantitative estimate of drug-likeness (QED) is 0.144. The number of ketones is 1. The first-order valence-corrected chi connectivity index (χ1v) is 14.6. The second kappa shape index (κ2) is 13.0. The van der Waals surface area contributed by atoms with E-state index >= 15 is 0 Å². The number of carbonyl (C=O) groups is 2. The van der Waals surface area contributed by atoms with E-state index in [1.807, 2.05) is 81.4 Å². The van der Waals surface area contributed by atoms with Gasteiger partial charge in [0.2, 0.25) is 0 Å². The molecule has 2 aromatic carbocycles. The van der Waals surface area contributed by atoms with Crippen LogP contribution in [0.25, 0.3) is 11.1 Å². The maximum Gasteiger partial charge on any atom is 0.298 e. The minimum absolute atomic E-state index is 0.211. The number of aryl methyl sites for hydroxylation is 3. The van der Waals surface area contributed by atoms with E-state index in [4.69, 9.17) is 9.72 Å². The van der Waals surface area contributed by atoms with Gasteiger partial charge in [0.15, 0.2) is 0 Å². The number of nitrogens with zero attached hydrogens (tertiary/aromatic N) is 4. The summed E-state index contributed by atoms with van der Waals surface area (Å²) in [6, 6.07) is 23.5. The van der Waals surface area contributed by atoms with E-state index < -0.39 is 11.7 Å². The van der Waals surface area contributed by atoms with E-state index in [9.17, 15) is 9.59 Å². The lowest BCUT2D eigenvalue weighted by molar-refractivity contribution is -0.112. The maximum atomic E-state index is 13.6. The fourth-order valence-corrected chi connectivity index (χ4v) is 5.45. The molecule has 2 aromatic heterocycles. The van der Waals surface area contributed by atoms with Crippen LogP contribution in [-0.2, 0) is 16.3 Å². The number of piperazine rings is 1. The van der Waals surface area contributed by atoms with Crippen LogP contribution in [0.1, 0.15) is 40.8 Å². The molecule has 1 amide bonds. The largest absolute Gasteiger partial charge is 0.368 e. The summed E-state index contributed by atoms with van der Waals surface area (Å²) >= 11 is 0. The van der Waals surface area contributed by atoms with Crippen molar-refractivity contribution < 1.29 is 14.3 Å². The Hall–Kier alpha value is -4.43. The molecule has 1 N–H and O–H groups in total. The Kier molecular flexibility index (Phi) is 9.03. The van der Waals surface area contributed by atoms with Gasteiger partial charge < -0.3 is 24.4 Å². The molecular formula is C34H39N5O3. The number of pyridine rings is 1. The van der Waals surface area contributed by atoms with Crippen molar-refractivity contribution in [3.63, 3.8) is 0 Å². The molecule has 5 rings (SSSR count). The Morgan fingerprint density at radius 1 is 0.881 bits per heavy atom. The Balaban J connectivity index is 1.27. The van der Waals surface area contributed by atoms with Crippen LogP contribution >= 0.6 is 0 Å². The monoisotopic (exact) mass is 565 g/mol.